The fourth-order valence-electron chi connectivity index (χ4n) is 4.78. The van der Waals surface area contributed by atoms with E-state index in [1.807, 2.05) is 44.2 Å². The number of rotatable bonds is 7. The van der Waals surface area contributed by atoms with Crippen LogP contribution in [-0.2, 0) is 20.9 Å². The molecular formula is C26H30N4O5. The molecule has 0 aliphatic carbocycles. The third kappa shape index (κ3) is 5.50. The van der Waals surface area contributed by atoms with Crippen LogP contribution in [0.4, 0.5) is 4.79 Å². The zero-order valence-corrected chi connectivity index (χ0v) is 19.9. The van der Waals surface area contributed by atoms with Crippen LogP contribution in [0.5, 0.6) is 0 Å². The van der Waals surface area contributed by atoms with Gasteiger partial charge in [-0.25, -0.2) is 4.79 Å². The lowest BCUT2D eigenvalue weighted by molar-refractivity contribution is -0.138. The molecular weight excluding hydrogens is 448 g/mol. The molecule has 0 radical (unpaired) electrons. The molecule has 1 aromatic heterocycles. The number of ether oxygens (including phenoxy) is 1. The number of aromatic nitrogens is 1. The van der Waals surface area contributed by atoms with Gasteiger partial charge in [0.1, 0.15) is 24.4 Å². The summed E-state index contributed by atoms with van der Waals surface area (Å²) in [6, 6.07) is 12.4. The molecule has 1 aromatic carbocycles. The van der Waals surface area contributed by atoms with Crippen LogP contribution in [0, 0.1) is 5.92 Å². The van der Waals surface area contributed by atoms with Gasteiger partial charge >= 0.3 is 6.09 Å². The van der Waals surface area contributed by atoms with Crippen molar-refractivity contribution in [3.63, 3.8) is 0 Å². The van der Waals surface area contributed by atoms with E-state index in [0.29, 0.717) is 19.4 Å². The maximum absolute atomic E-state index is 13.5. The maximum atomic E-state index is 13.5. The smallest absolute Gasteiger partial charge is 0.408 e. The quantitative estimate of drug-likeness (QED) is 0.655. The number of ketones is 1. The summed E-state index contributed by atoms with van der Waals surface area (Å²) < 4.78 is 5.31. The largest absolute Gasteiger partial charge is 0.445 e. The van der Waals surface area contributed by atoms with E-state index in [2.05, 4.69) is 10.3 Å². The molecule has 2 aliphatic rings. The van der Waals surface area contributed by atoms with E-state index in [1.165, 1.54) is 16.0 Å². The van der Waals surface area contributed by atoms with Gasteiger partial charge < -0.3 is 19.9 Å². The summed E-state index contributed by atoms with van der Waals surface area (Å²) in [7, 11) is 0. The zero-order chi connectivity index (χ0) is 24.9. The van der Waals surface area contributed by atoms with Crippen LogP contribution < -0.4 is 5.32 Å². The molecule has 3 atom stereocenters. The second-order valence-electron chi connectivity index (χ2n) is 9.34. The molecule has 2 aromatic rings. The summed E-state index contributed by atoms with van der Waals surface area (Å²) in [6.07, 6.45) is 1.74. The lowest BCUT2D eigenvalue weighted by Crippen LogP contribution is -2.53. The van der Waals surface area contributed by atoms with Crippen molar-refractivity contribution in [1.82, 2.24) is 20.1 Å². The Labute approximate surface area is 204 Å². The highest BCUT2D eigenvalue weighted by molar-refractivity contribution is 6.02. The Bertz CT molecular complexity index is 1080. The van der Waals surface area contributed by atoms with Crippen molar-refractivity contribution in [1.29, 1.82) is 0 Å². The zero-order valence-electron chi connectivity index (χ0n) is 19.9. The van der Waals surface area contributed by atoms with E-state index in [4.69, 9.17) is 4.74 Å². The lowest BCUT2D eigenvalue weighted by Gasteiger charge is -2.28. The third-order valence-corrected chi connectivity index (χ3v) is 6.36. The summed E-state index contributed by atoms with van der Waals surface area (Å²) in [5.74, 6) is -0.705. The predicted molar refractivity (Wildman–Crippen MR) is 127 cm³/mol. The molecule has 4 rings (SSSR count). The second kappa shape index (κ2) is 10.7. The van der Waals surface area contributed by atoms with Gasteiger partial charge in [-0.3, -0.25) is 19.4 Å². The van der Waals surface area contributed by atoms with Gasteiger partial charge in [0.25, 0.3) is 5.91 Å². The number of likely N-dealkylation sites (tertiary alicyclic amines) is 2. The fraction of sp³-hybridized carbons (Fsp3) is 0.423. The fourth-order valence-corrected chi connectivity index (χ4v) is 4.78. The first-order valence-corrected chi connectivity index (χ1v) is 11.9. The number of benzene rings is 1. The molecule has 2 aliphatic heterocycles. The number of amides is 3. The van der Waals surface area contributed by atoms with Crippen LogP contribution in [0.25, 0.3) is 0 Å². The topological polar surface area (TPSA) is 109 Å². The molecule has 184 valence electrons. The molecule has 1 N–H and O–H groups in total. The Morgan fingerprint density at radius 3 is 2.51 bits per heavy atom. The first-order chi connectivity index (χ1) is 16.8. The minimum atomic E-state index is -0.828. The van der Waals surface area contributed by atoms with Crippen LogP contribution in [0.1, 0.15) is 42.7 Å². The number of carbonyl (C=O) groups excluding carboxylic acids is 4. The number of fused-ring (bicyclic) bond motifs is 1. The number of nitrogens with one attached hydrogen (secondary N) is 1. The van der Waals surface area contributed by atoms with Gasteiger partial charge in [0.05, 0.1) is 12.6 Å². The Kier molecular flexibility index (Phi) is 7.43. The van der Waals surface area contributed by atoms with Crippen LogP contribution in [0.3, 0.4) is 0 Å². The van der Waals surface area contributed by atoms with Crippen LogP contribution >= 0.6 is 0 Å². The van der Waals surface area contributed by atoms with Crippen molar-refractivity contribution < 1.29 is 23.9 Å². The van der Waals surface area contributed by atoms with Gasteiger partial charge in [0.15, 0.2) is 5.78 Å². The number of Topliss-reactive ketones (excluding diaryl/α,β-unsaturated/α-hetero) is 1. The monoisotopic (exact) mass is 478 g/mol. The minimum Gasteiger partial charge on any atom is -0.445 e. The van der Waals surface area contributed by atoms with Crippen molar-refractivity contribution in [3.8, 4) is 0 Å². The van der Waals surface area contributed by atoms with Crippen molar-refractivity contribution in [2.24, 2.45) is 5.92 Å². The summed E-state index contributed by atoms with van der Waals surface area (Å²) in [5.41, 5.74) is 1.11. The van der Waals surface area contributed by atoms with Crippen LogP contribution in [-0.4, -0.2) is 69.7 Å². The molecule has 9 nitrogen and oxygen atoms in total. The Morgan fingerprint density at radius 2 is 1.83 bits per heavy atom. The Hall–Kier alpha value is -3.75. The molecule has 3 unspecified atom stereocenters. The van der Waals surface area contributed by atoms with E-state index >= 15 is 0 Å². The average Bonchev–Trinajstić information content (AvgIpc) is 3.44. The van der Waals surface area contributed by atoms with Crippen molar-refractivity contribution in [2.45, 2.75) is 51.4 Å². The molecule has 3 amide bonds. The Balaban J connectivity index is 1.43. The number of hydrogen-bond donors (Lipinski definition) is 1. The van der Waals surface area contributed by atoms with Gasteiger partial charge in [0, 0.05) is 12.7 Å². The van der Waals surface area contributed by atoms with E-state index in [0.717, 1.165) is 5.56 Å². The predicted octanol–water partition coefficient (Wildman–Crippen LogP) is 2.42. The summed E-state index contributed by atoms with van der Waals surface area (Å²) in [4.78, 5) is 59.0. The average molecular weight is 479 g/mol. The molecule has 2 saturated heterocycles. The number of nitrogens with zero attached hydrogens (tertiary/aromatic N) is 3. The summed E-state index contributed by atoms with van der Waals surface area (Å²) >= 11 is 0. The van der Waals surface area contributed by atoms with Crippen LogP contribution in [0.2, 0.25) is 0 Å². The van der Waals surface area contributed by atoms with Gasteiger partial charge in [-0.15, -0.1) is 0 Å². The van der Waals surface area contributed by atoms with Crippen molar-refractivity contribution in [2.75, 3.05) is 13.1 Å². The summed E-state index contributed by atoms with van der Waals surface area (Å²) in [5, 5.41) is 2.70. The highest BCUT2D eigenvalue weighted by Crippen LogP contribution is 2.31. The third-order valence-electron chi connectivity index (χ3n) is 6.36. The van der Waals surface area contributed by atoms with Gasteiger partial charge in [-0.05, 0) is 36.5 Å². The Morgan fingerprint density at radius 1 is 1.09 bits per heavy atom. The first-order valence-electron chi connectivity index (χ1n) is 11.9. The molecule has 0 spiro atoms. The number of carbonyl (C=O) groups is 4. The van der Waals surface area contributed by atoms with E-state index < -0.39 is 24.2 Å². The van der Waals surface area contributed by atoms with Gasteiger partial charge in [0.2, 0.25) is 5.91 Å². The highest BCUT2D eigenvalue weighted by Gasteiger charge is 2.52. The summed E-state index contributed by atoms with van der Waals surface area (Å²) in [6.45, 7) is 4.28. The molecule has 3 heterocycles. The van der Waals surface area contributed by atoms with Crippen molar-refractivity contribution >= 4 is 23.7 Å². The molecule has 0 saturated carbocycles. The molecule has 0 bridgehead atoms. The van der Waals surface area contributed by atoms with Gasteiger partial charge in [-0.2, -0.15) is 0 Å². The second-order valence-corrected chi connectivity index (χ2v) is 9.34. The minimum absolute atomic E-state index is 0.0596. The van der Waals surface area contributed by atoms with E-state index in [9.17, 15) is 19.2 Å². The number of pyridine rings is 1. The maximum Gasteiger partial charge on any atom is 0.408 e. The van der Waals surface area contributed by atoms with Crippen molar-refractivity contribution in [3.05, 3.63) is 66.0 Å². The van der Waals surface area contributed by atoms with E-state index in [1.54, 1.807) is 18.2 Å². The molecule has 2 fully saturated rings. The van der Waals surface area contributed by atoms with Gasteiger partial charge in [-0.1, -0.05) is 50.2 Å². The van der Waals surface area contributed by atoms with E-state index in [-0.39, 0.29) is 42.4 Å². The highest BCUT2D eigenvalue weighted by atomic mass is 16.5. The normalized spacial score (nSPS) is 20.0. The molecule has 9 heteroatoms. The SMILES string of the molecule is CC(C)CC(NC(=O)OCc1ccccc1)C(=O)N1CCC2C1C(=O)CN2C(=O)c1ccccn1. The first kappa shape index (κ1) is 24.4. The molecule has 35 heavy (non-hydrogen) atoms. The van der Waals surface area contributed by atoms with Crippen LogP contribution in [0.15, 0.2) is 54.7 Å². The number of hydrogen-bond acceptors (Lipinski definition) is 6. The standard InChI is InChI=1S/C26H30N4O5/c1-17(2)14-20(28-26(34)35-16-18-8-4-3-5-9-18)25(33)29-13-11-21-23(29)22(31)15-30(21)24(32)19-10-6-7-12-27-19/h3-10,12,17,20-21,23H,11,13-16H2,1-2H3,(H,28,34). The number of alkyl carbamates (subject to hydrolysis) is 1. The lowest BCUT2D eigenvalue weighted by atomic mass is 10.0.